The van der Waals surface area contributed by atoms with Crippen LogP contribution in [0.25, 0.3) is 0 Å². The summed E-state index contributed by atoms with van der Waals surface area (Å²) in [6, 6.07) is 4.88. The molecule has 0 radical (unpaired) electrons. The van der Waals surface area contributed by atoms with Crippen LogP contribution in [0.4, 0.5) is 4.39 Å². The summed E-state index contributed by atoms with van der Waals surface area (Å²) in [5, 5.41) is 12.0. The second-order valence-electron chi connectivity index (χ2n) is 4.44. The topological polar surface area (TPSA) is 49.3 Å². The molecule has 92 valence electrons. The third-order valence-corrected chi connectivity index (χ3v) is 3.32. The minimum Gasteiger partial charge on any atom is -0.481 e. The Labute approximate surface area is 99.7 Å². The minimum atomic E-state index is -0.813. The molecule has 17 heavy (non-hydrogen) atoms. The number of hydrogen-bond acceptors (Lipinski definition) is 2. The van der Waals surface area contributed by atoms with Crippen LogP contribution in [0.15, 0.2) is 18.2 Å². The summed E-state index contributed by atoms with van der Waals surface area (Å²) in [5.41, 5.74) is 1.66. The van der Waals surface area contributed by atoms with Crippen molar-refractivity contribution in [2.45, 2.75) is 25.8 Å². The maximum absolute atomic E-state index is 13.7. The van der Waals surface area contributed by atoms with Crippen molar-refractivity contribution in [3.05, 3.63) is 35.1 Å². The minimum absolute atomic E-state index is 0.178. The van der Waals surface area contributed by atoms with Crippen LogP contribution >= 0.6 is 0 Å². The van der Waals surface area contributed by atoms with Crippen molar-refractivity contribution in [1.82, 2.24) is 5.32 Å². The van der Waals surface area contributed by atoms with E-state index >= 15 is 0 Å². The van der Waals surface area contributed by atoms with E-state index in [0.717, 1.165) is 12.0 Å². The summed E-state index contributed by atoms with van der Waals surface area (Å²) < 4.78 is 13.7. The zero-order valence-electron chi connectivity index (χ0n) is 9.74. The quantitative estimate of drug-likeness (QED) is 0.846. The van der Waals surface area contributed by atoms with Crippen molar-refractivity contribution in [1.29, 1.82) is 0 Å². The molecular formula is C13H16FNO2. The smallest absolute Gasteiger partial charge is 0.307 e. The van der Waals surface area contributed by atoms with Gasteiger partial charge in [-0.25, -0.2) is 4.39 Å². The molecule has 2 N–H and O–H groups in total. The fourth-order valence-electron chi connectivity index (χ4n) is 2.24. The standard InChI is InChI=1S/C13H16FNO2/c1-2-8-3-4-11(14)10(5-8)12-6-9(7-15-12)13(16)17/h3-5,9,12,15H,2,6-7H2,1H3,(H,16,17). The average molecular weight is 237 g/mol. The number of aliphatic carboxylic acids is 1. The van der Waals surface area contributed by atoms with Gasteiger partial charge in [-0.15, -0.1) is 0 Å². The molecule has 2 unspecified atom stereocenters. The van der Waals surface area contributed by atoms with Crippen molar-refractivity contribution in [3.63, 3.8) is 0 Å². The van der Waals surface area contributed by atoms with Crippen molar-refractivity contribution >= 4 is 5.97 Å². The lowest BCUT2D eigenvalue weighted by Crippen LogP contribution is -2.17. The van der Waals surface area contributed by atoms with Gasteiger partial charge in [-0.2, -0.15) is 0 Å². The summed E-state index contributed by atoms with van der Waals surface area (Å²) in [7, 11) is 0. The molecule has 1 aliphatic heterocycles. The normalized spacial score (nSPS) is 23.9. The second kappa shape index (κ2) is 4.84. The Hall–Kier alpha value is -1.42. The average Bonchev–Trinajstić information content (AvgIpc) is 2.79. The predicted octanol–water partition coefficient (Wildman–Crippen LogP) is 2.12. The van der Waals surface area contributed by atoms with Crippen LogP contribution in [0, 0.1) is 11.7 Å². The van der Waals surface area contributed by atoms with E-state index < -0.39 is 11.9 Å². The van der Waals surface area contributed by atoms with Gasteiger partial charge in [0, 0.05) is 18.2 Å². The summed E-state index contributed by atoms with van der Waals surface area (Å²) in [4.78, 5) is 10.9. The van der Waals surface area contributed by atoms with Crippen molar-refractivity contribution in [2.24, 2.45) is 5.92 Å². The molecule has 0 bridgehead atoms. The van der Waals surface area contributed by atoms with Crippen molar-refractivity contribution in [3.8, 4) is 0 Å². The van der Waals surface area contributed by atoms with Crippen molar-refractivity contribution in [2.75, 3.05) is 6.54 Å². The van der Waals surface area contributed by atoms with E-state index in [1.807, 2.05) is 13.0 Å². The van der Waals surface area contributed by atoms with E-state index in [4.69, 9.17) is 5.11 Å². The highest BCUT2D eigenvalue weighted by Crippen LogP contribution is 2.29. The number of rotatable bonds is 3. The molecule has 1 saturated heterocycles. The first-order chi connectivity index (χ1) is 8.11. The SMILES string of the molecule is CCc1ccc(F)c(C2CC(C(=O)O)CN2)c1. The Morgan fingerprint density at radius 3 is 2.94 bits per heavy atom. The molecule has 3 nitrogen and oxygen atoms in total. The van der Waals surface area contributed by atoms with Crippen LogP contribution < -0.4 is 5.32 Å². The lowest BCUT2D eigenvalue weighted by Gasteiger charge is -2.13. The summed E-state index contributed by atoms with van der Waals surface area (Å²) in [6.45, 7) is 2.43. The summed E-state index contributed by atoms with van der Waals surface area (Å²) in [6.07, 6.45) is 1.31. The highest BCUT2D eigenvalue weighted by Gasteiger charge is 2.31. The summed E-state index contributed by atoms with van der Waals surface area (Å²) >= 11 is 0. The van der Waals surface area contributed by atoms with E-state index in [1.54, 1.807) is 6.07 Å². The largest absolute Gasteiger partial charge is 0.481 e. The number of halogens is 1. The van der Waals surface area contributed by atoms with Gasteiger partial charge >= 0.3 is 5.97 Å². The van der Waals surface area contributed by atoms with Crippen LogP contribution in [0.3, 0.4) is 0 Å². The molecule has 2 atom stereocenters. The maximum atomic E-state index is 13.7. The number of benzene rings is 1. The maximum Gasteiger partial charge on any atom is 0.307 e. The van der Waals surface area contributed by atoms with E-state index in [0.29, 0.717) is 18.5 Å². The van der Waals surface area contributed by atoms with Gasteiger partial charge in [-0.3, -0.25) is 4.79 Å². The Bertz CT molecular complexity index is 433. The van der Waals surface area contributed by atoms with Gasteiger partial charge in [-0.05, 0) is 24.5 Å². The Balaban J connectivity index is 2.20. The molecule has 1 aromatic rings. The molecule has 4 heteroatoms. The zero-order chi connectivity index (χ0) is 12.4. The fraction of sp³-hybridized carbons (Fsp3) is 0.462. The summed E-state index contributed by atoms with van der Waals surface area (Å²) in [5.74, 6) is -1.48. The first-order valence-electron chi connectivity index (χ1n) is 5.86. The molecule has 0 aromatic heterocycles. The molecule has 1 aromatic carbocycles. The molecule has 1 fully saturated rings. The van der Waals surface area contributed by atoms with Gasteiger partial charge < -0.3 is 10.4 Å². The van der Waals surface area contributed by atoms with Crippen LogP contribution in [-0.2, 0) is 11.2 Å². The molecule has 1 heterocycles. The fourth-order valence-corrected chi connectivity index (χ4v) is 2.24. The predicted molar refractivity (Wildman–Crippen MR) is 62.3 cm³/mol. The van der Waals surface area contributed by atoms with E-state index in [-0.39, 0.29) is 11.9 Å². The molecule has 0 spiro atoms. The molecule has 2 rings (SSSR count). The third kappa shape index (κ3) is 2.47. The Morgan fingerprint density at radius 2 is 2.35 bits per heavy atom. The van der Waals surface area contributed by atoms with Crippen LogP contribution in [0.5, 0.6) is 0 Å². The van der Waals surface area contributed by atoms with Gasteiger partial charge in [-0.1, -0.05) is 19.1 Å². The zero-order valence-corrected chi connectivity index (χ0v) is 9.74. The number of carboxylic acid groups (broad SMARTS) is 1. The number of nitrogens with one attached hydrogen (secondary N) is 1. The second-order valence-corrected chi connectivity index (χ2v) is 4.44. The Kier molecular flexibility index (Phi) is 3.43. The van der Waals surface area contributed by atoms with Crippen molar-refractivity contribution < 1.29 is 14.3 Å². The van der Waals surface area contributed by atoms with Gasteiger partial charge in [0.1, 0.15) is 5.82 Å². The van der Waals surface area contributed by atoms with Gasteiger partial charge in [0.05, 0.1) is 5.92 Å². The first kappa shape index (κ1) is 12.0. The highest BCUT2D eigenvalue weighted by atomic mass is 19.1. The Morgan fingerprint density at radius 1 is 1.59 bits per heavy atom. The van der Waals surface area contributed by atoms with E-state index in [1.165, 1.54) is 6.07 Å². The molecule has 0 amide bonds. The van der Waals surface area contributed by atoms with Crippen LogP contribution in [0.1, 0.15) is 30.5 Å². The number of carboxylic acids is 1. The highest BCUT2D eigenvalue weighted by molar-refractivity contribution is 5.70. The van der Waals surface area contributed by atoms with Gasteiger partial charge in [0.25, 0.3) is 0 Å². The van der Waals surface area contributed by atoms with Crippen LogP contribution in [-0.4, -0.2) is 17.6 Å². The third-order valence-electron chi connectivity index (χ3n) is 3.32. The first-order valence-corrected chi connectivity index (χ1v) is 5.86. The van der Waals surface area contributed by atoms with Gasteiger partial charge in [0.2, 0.25) is 0 Å². The monoisotopic (exact) mass is 237 g/mol. The van der Waals surface area contributed by atoms with E-state index in [2.05, 4.69) is 5.32 Å². The lowest BCUT2D eigenvalue weighted by molar-refractivity contribution is -0.141. The molecule has 1 aliphatic rings. The van der Waals surface area contributed by atoms with Gasteiger partial charge in [0.15, 0.2) is 0 Å². The number of aryl methyl sites for hydroxylation is 1. The van der Waals surface area contributed by atoms with Crippen LogP contribution in [0.2, 0.25) is 0 Å². The molecular weight excluding hydrogens is 221 g/mol. The molecule has 0 saturated carbocycles. The number of carbonyl (C=O) groups is 1. The molecule has 0 aliphatic carbocycles. The number of hydrogen-bond donors (Lipinski definition) is 2. The van der Waals surface area contributed by atoms with E-state index in [9.17, 15) is 9.18 Å². The lowest BCUT2D eigenvalue weighted by atomic mass is 9.97.